The Hall–Kier alpha value is -5.92. The monoisotopic (exact) mass is 890 g/mol. The minimum Gasteiger partial charge on any atom is -0.461 e. The third-order valence-electron chi connectivity index (χ3n) is 10.1. The molecular weight excluding hydrogens is 839 g/mol. The van der Waals surface area contributed by atoms with Crippen LogP contribution in [0.4, 0.5) is 0 Å². The van der Waals surface area contributed by atoms with Gasteiger partial charge >= 0.3 is 11.9 Å². The molecule has 2 atom stereocenters. The van der Waals surface area contributed by atoms with Crippen LogP contribution in [0.25, 0.3) is 0 Å². The maximum absolute atomic E-state index is 13.1. The summed E-state index contributed by atoms with van der Waals surface area (Å²) in [6.45, 7) is 7.29. The molecule has 0 aromatic heterocycles. The molecule has 0 radical (unpaired) electrons. The third-order valence-corrected chi connectivity index (χ3v) is 14.3. The van der Waals surface area contributed by atoms with Gasteiger partial charge in [-0.1, -0.05) is 194 Å². The Morgan fingerprint density at radius 2 is 0.781 bits per heavy atom. The standard InChI is InChI=1S/C29H31O6P.C25H21O2P/c1-20(2)32-27(30)25-26(28(31)33-21(3)4)35-36(34-25)29(22-14-8-5-9-15-22,23-16-10-6-11-17-23)24-18-12-7-13-19-24;1-3-20-26-28(27-21-4-2)25(22-14-8-5-9-15-22,23-16-10-6-11-17-23)24-18-12-7-13-19-24/h5-21,25-26H,1-4H3;1-2,5-19H,20-21H2. The second-order valence-electron chi connectivity index (χ2n) is 15.1. The molecule has 64 heavy (non-hydrogen) atoms. The number of benzene rings is 6. The summed E-state index contributed by atoms with van der Waals surface area (Å²) in [6.07, 6.45) is 7.75. The van der Waals surface area contributed by atoms with Gasteiger partial charge in [0.25, 0.3) is 0 Å². The molecule has 1 aliphatic rings. The number of terminal acetylenes is 2. The summed E-state index contributed by atoms with van der Waals surface area (Å²) in [5.41, 5.74) is 5.94. The first kappa shape index (κ1) is 47.6. The highest BCUT2D eigenvalue weighted by atomic mass is 31.2. The van der Waals surface area contributed by atoms with Crippen LogP contribution in [0.2, 0.25) is 0 Å². The molecule has 326 valence electrons. The Bertz CT molecular complexity index is 2200. The van der Waals surface area contributed by atoms with Crippen molar-refractivity contribution in [1.82, 2.24) is 0 Å². The van der Waals surface area contributed by atoms with Gasteiger partial charge in [-0.3, -0.25) is 0 Å². The van der Waals surface area contributed by atoms with E-state index in [1.54, 1.807) is 27.7 Å². The van der Waals surface area contributed by atoms with Gasteiger partial charge in [0.2, 0.25) is 0 Å². The minimum absolute atomic E-state index is 0.143. The zero-order chi connectivity index (χ0) is 45.4. The van der Waals surface area contributed by atoms with E-state index in [2.05, 4.69) is 48.2 Å². The normalized spacial score (nSPS) is 16.0. The smallest absolute Gasteiger partial charge is 0.339 e. The minimum atomic E-state index is -1.92. The van der Waals surface area contributed by atoms with E-state index >= 15 is 0 Å². The molecule has 2 unspecified atom stereocenters. The molecule has 0 amide bonds. The molecule has 1 heterocycles. The molecule has 0 saturated carbocycles. The topological polar surface area (TPSA) is 89.5 Å². The summed E-state index contributed by atoms with van der Waals surface area (Å²) in [5, 5.41) is -1.60. The number of esters is 2. The Balaban J connectivity index is 0.000000219. The molecule has 6 aromatic rings. The van der Waals surface area contributed by atoms with E-state index in [4.69, 9.17) is 40.4 Å². The van der Waals surface area contributed by atoms with Crippen molar-refractivity contribution in [2.45, 2.75) is 62.4 Å². The van der Waals surface area contributed by atoms with E-state index in [1.165, 1.54) is 0 Å². The lowest BCUT2D eigenvalue weighted by Gasteiger charge is -2.40. The Morgan fingerprint density at radius 1 is 0.516 bits per heavy atom. The summed E-state index contributed by atoms with van der Waals surface area (Å²) in [7, 11) is -3.45. The number of carbonyl (C=O) groups is 2. The largest absolute Gasteiger partial charge is 0.461 e. The maximum atomic E-state index is 13.1. The zero-order valence-corrected chi connectivity index (χ0v) is 38.1. The van der Waals surface area contributed by atoms with Crippen LogP contribution in [0, 0.1) is 24.7 Å². The molecule has 1 saturated heterocycles. The number of ether oxygens (including phenoxy) is 2. The molecule has 1 fully saturated rings. The van der Waals surface area contributed by atoms with Crippen molar-refractivity contribution in [3.63, 3.8) is 0 Å². The highest BCUT2D eigenvalue weighted by molar-refractivity contribution is 7.50. The fraction of sp³-hybridized carbons (Fsp3) is 0.222. The van der Waals surface area contributed by atoms with E-state index in [-0.39, 0.29) is 25.4 Å². The summed E-state index contributed by atoms with van der Waals surface area (Å²) in [4.78, 5) is 26.2. The molecule has 6 aromatic carbocycles. The van der Waals surface area contributed by atoms with Crippen molar-refractivity contribution in [2.24, 2.45) is 0 Å². The van der Waals surface area contributed by atoms with Gasteiger partial charge in [-0.25, -0.2) is 9.59 Å². The zero-order valence-electron chi connectivity index (χ0n) is 36.4. The van der Waals surface area contributed by atoms with Gasteiger partial charge in [-0.15, -0.1) is 12.8 Å². The summed E-state index contributed by atoms with van der Waals surface area (Å²) < 4.78 is 36.0. The predicted octanol–water partition coefficient (Wildman–Crippen LogP) is 11.6. The summed E-state index contributed by atoms with van der Waals surface area (Å²) in [6, 6.07) is 60.3. The van der Waals surface area contributed by atoms with Crippen LogP contribution in [0.3, 0.4) is 0 Å². The Kier molecular flexibility index (Phi) is 17.2. The van der Waals surface area contributed by atoms with Crippen molar-refractivity contribution in [3.05, 3.63) is 215 Å². The van der Waals surface area contributed by atoms with Crippen molar-refractivity contribution in [2.75, 3.05) is 13.2 Å². The van der Waals surface area contributed by atoms with Crippen molar-refractivity contribution in [1.29, 1.82) is 0 Å². The van der Waals surface area contributed by atoms with Gasteiger partial charge in [-0.05, 0) is 61.1 Å². The molecule has 0 N–H and O–H groups in total. The number of hydrogen-bond donors (Lipinski definition) is 0. The Morgan fingerprint density at radius 3 is 1.03 bits per heavy atom. The lowest BCUT2D eigenvalue weighted by Crippen LogP contribution is -2.40. The highest BCUT2D eigenvalue weighted by Gasteiger charge is 2.58. The van der Waals surface area contributed by atoms with Gasteiger partial charge < -0.3 is 27.6 Å². The Labute approximate surface area is 380 Å². The van der Waals surface area contributed by atoms with Crippen LogP contribution in [0.15, 0.2) is 182 Å². The first-order valence-corrected chi connectivity index (χ1v) is 23.3. The van der Waals surface area contributed by atoms with Crippen LogP contribution in [-0.2, 0) is 47.5 Å². The molecule has 0 spiro atoms. The highest BCUT2D eigenvalue weighted by Crippen LogP contribution is 2.69. The molecular formula is C54H52O8P2. The molecule has 1 aliphatic heterocycles. The van der Waals surface area contributed by atoms with Gasteiger partial charge in [-0.2, -0.15) is 0 Å². The van der Waals surface area contributed by atoms with Crippen LogP contribution in [-0.4, -0.2) is 49.6 Å². The van der Waals surface area contributed by atoms with Gasteiger partial charge in [0, 0.05) is 0 Å². The SMILES string of the molecule is C#CCOP(OCC#C)C(c1ccccc1)(c1ccccc1)c1ccccc1.CC(C)OC(=O)C1OP(C(c2ccccc2)(c2ccccc2)c2ccccc2)OC1C(=O)OC(C)C. The van der Waals surface area contributed by atoms with Gasteiger partial charge in [0.1, 0.15) is 23.5 Å². The van der Waals surface area contributed by atoms with E-state index in [1.807, 2.05) is 146 Å². The third kappa shape index (κ3) is 10.7. The molecule has 0 bridgehead atoms. The number of rotatable bonds is 16. The fourth-order valence-electron chi connectivity index (χ4n) is 7.56. The first-order valence-electron chi connectivity index (χ1n) is 21.0. The molecule has 8 nitrogen and oxygen atoms in total. The van der Waals surface area contributed by atoms with E-state index < -0.39 is 51.2 Å². The lowest BCUT2D eigenvalue weighted by atomic mass is 9.84. The quantitative estimate of drug-likeness (QED) is 0.0411. The maximum Gasteiger partial charge on any atom is 0.339 e. The molecule has 7 rings (SSSR count). The van der Waals surface area contributed by atoms with E-state index in [0.717, 1.165) is 33.4 Å². The van der Waals surface area contributed by atoms with Crippen LogP contribution in [0.1, 0.15) is 61.1 Å². The second kappa shape index (κ2) is 23.1. The molecule has 0 aliphatic carbocycles. The average Bonchev–Trinajstić information content (AvgIpc) is 3.78. The average molecular weight is 891 g/mol. The second-order valence-corrected chi connectivity index (χ2v) is 18.4. The predicted molar refractivity (Wildman–Crippen MR) is 254 cm³/mol. The number of hydrogen-bond acceptors (Lipinski definition) is 8. The van der Waals surface area contributed by atoms with Gasteiger partial charge in [0.15, 0.2) is 29.0 Å². The van der Waals surface area contributed by atoms with Crippen molar-refractivity contribution >= 4 is 28.7 Å². The first-order chi connectivity index (χ1) is 31.2. The van der Waals surface area contributed by atoms with E-state index in [0.29, 0.717) is 0 Å². The number of carbonyl (C=O) groups excluding carboxylic acids is 2. The van der Waals surface area contributed by atoms with Crippen LogP contribution in [0.5, 0.6) is 0 Å². The van der Waals surface area contributed by atoms with E-state index in [9.17, 15) is 9.59 Å². The van der Waals surface area contributed by atoms with Crippen LogP contribution < -0.4 is 0 Å². The fourth-order valence-corrected chi connectivity index (χ4v) is 11.7. The van der Waals surface area contributed by atoms with Crippen LogP contribution >= 0.6 is 16.8 Å². The molecule has 10 heteroatoms. The van der Waals surface area contributed by atoms with Crippen molar-refractivity contribution in [3.8, 4) is 24.7 Å². The van der Waals surface area contributed by atoms with Crippen molar-refractivity contribution < 1.29 is 37.2 Å². The lowest BCUT2D eigenvalue weighted by molar-refractivity contribution is -0.167. The summed E-state index contributed by atoms with van der Waals surface area (Å²) >= 11 is 0. The summed E-state index contributed by atoms with van der Waals surface area (Å²) in [5.74, 6) is 3.83. The van der Waals surface area contributed by atoms with Gasteiger partial charge in [0.05, 0.1) is 12.2 Å².